The average molecular weight is 275 g/mol. The second-order valence-electron chi connectivity index (χ2n) is 4.63. The topological polar surface area (TPSA) is 41.5 Å². The van der Waals surface area contributed by atoms with Gasteiger partial charge in [0.25, 0.3) is 0 Å². The number of anilines is 1. The van der Waals surface area contributed by atoms with Crippen LogP contribution in [0.25, 0.3) is 0 Å². The van der Waals surface area contributed by atoms with E-state index in [0.29, 0.717) is 18.0 Å². The quantitative estimate of drug-likeness (QED) is 0.879. The summed E-state index contributed by atoms with van der Waals surface area (Å²) in [5, 5.41) is 13.2. The van der Waals surface area contributed by atoms with Gasteiger partial charge in [-0.15, -0.1) is 0 Å². The molecule has 4 heteroatoms. The summed E-state index contributed by atoms with van der Waals surface area (Å²) >= 11 is 0. The maximum absolute atomic E-state index is 13.2. The SMILES string of the molecule is COc1cccc(C(O)CNc2cc(F)ccc2C)c1. The third-order valence-electron chi connectivity index (χ3n) is 3.16. The summed E-state index contributed by atoms with van der Waals surface area (Å²) in [4.78, 5) is 0. The number of nitrogens with one attached hydrogen (secondary N) is 1. The molecule has 0 heterocycles. The molecular formula is C16H18FNO2. The molecular weight excluding hydrogens is 257 g/mol. The molecule has 0 saturated heterocycles. The van der Waals surface area contributed by atoms with Crippen LogP contribution < -0.4 is 10.1 Å². The molecule has 0 saturated carbocycles. The summed E-state index contributed by atoms with van der Waals surface area (Å²) < 4.78 is 18.3. The van der Waals surface area contributed by atoms with Crippen molar-refractivity contribution in [3.63, 3.8) is 0 Å². The highest BCUT2D eigenvalue weighted by atomic mass is 19.1. The van der Waals surface area contributed by atoms with Gasteiger partial charge in [-0.05, 0) is 42.3 Å². The number of ether oxygens (including phenoxy) is 1. The van der Waals surface area contributed by atoms with Crippen molar-refractivity contribution in [2.75, 3.05) is 19.0 Å². The molecule has 106 valence electrons. The molecule has 2 aromatic carbocycles. The van der Waals surface area contributed by atoms with E-state index in [1.807, 2.05) is 25.1 Å². The highest BCUT2D eigenvalue weighted by Gasteiger charge is 2.09. The van der Waals surface area contributed by atoms with Crippen molar-refractivity contribution < 1.29 is 14.2 Å². The van der Waals surface area contributed by atoms with Gasteiger partial charge in [0.1, 0.15) is 11.6 Å². The molecule has 0 fully saturated rings. The van der Waals surface area contributed by atoms with Crippen molar-refractivity contribution in [3.8, 4) is 5.75 Å². The third-order valence-corrected chi connectivity index (χ3v) is 3.16. The standard InChI is InChI=1S/C16H18FNO2/c1-11-6-7-13(17)9-15(11)18-10-16(19)12-4-3-5-14(8-12)20-2/h3-9,16,18-19H,10H2,1-2H3. The van der Waals surface area contributed by atoms with E-state index in [2.05, 4.69) is 5.32 Å². The highest BCUT2D eigenvalue weighted by Crippen LogP contribution is 2.21. The number of aliphatic hydroxyl groups is 1. The van der Waals surface area contributed by atoms with E-state index in [-0.39, 0.29) is 5.82 Å². The number of hydrogen-bond donors (Lipinski definition) is 2. The highest BCUT2D eigenvalue weighted by molar-refractivity contribution is 5.51. The molecule has 0 spiro atoms. The van der Waals surface area contributed by atoms with Crippen LogP contribution in [0.4, 0.5) is 10.1 Å². The molecule has 0 aromatic heterocycles. The fourth-order valence-corrected chi connectivity index (χ4v) is 1.96. The van der Waals surface area contributed by atoms with E-state index in [9.17, 15) is 9.50 Å². The Morgan fingerprint density at radius 3 is 2.80 bits per heavy atom. The van der Waals surface area contributed by atoms with Crippen molar-refractivity contribution in [1.29, 1.82) is 0 Å². The van der Waals surface area contributed by atoms with Gasteiger partial charge in [-0.2, -0.15) is 0 Å². The zero-order valence-corrected chi connectivity index (χ0v) is 11.6. The lowest BCUT2D eigenvalue weighted by atomic mass is 10.1. The molecule has 0 aliphatic heterocycles. The maximum atomic E-state index is 13.2. The van der Waals surface area contributed by atoms with E-state index in [1.165, 1.54) is 12.1 Å². The Labute approximate surface area is 118 Å². The molecule has 2 N–H and O–H groups in total. The molecule has 0 aliphatic carbocycles. The minimum atomic E-state index is -0.687. The van der Waals surface area contributed by atoms with E-state index >= 15 is 0 Å². The predicted octanol–water partition coefficient (Wildman–Crippen LogP) is 3.29. The lowest BCUT2D eigenvalue weighted by molar-refractivity contribution is 0.191. The van der Waals surface area contributed by atoms with Crippen molar-refractivity contribution in [2.45, 2.75) is 13.0 Å². The van der Waals surface area contributed by atoms with Crippen LogP contribution in [0.1, 0.15) is 17.2 Å². The first kappa shape index (κ1) is 14.3. The molecule has 1 unspecified atom stereocenters. The Balaban J connectivity index is 2.04. The monoisotopic (exact) mass is 275 g/mol. The summed E-state index contributed by atoms with van der Waals surface area (Å²) in [6.45, 7) is 2.19. The Morgan fingerprint density at radius 1 is 1.25 bits per heavy atom. The third kappa shape index (κ3) is 3.48. The molecule has 1 atom stereocenters. The van der Waals surface area contributed by atoms with E-state index in [1.54, 1.807) is 19.2 Å². The number of aliphatic hydroxyl groups excluding tert-OH is 1. The van der Waals surface area contributed by atoms with Crippen LogP contribution in [-0.4, -0.2) is 18.8 Å². The summed E-state index contributed by atoms with van der Waals surface area (Å²) in [6.07, 6.45) is -0.687. The fourth-order valence-electron chi connectivity index (χ4n) is 1.96. The molecule has 0 radical (unpaired) electrons. The first-order valence-corrected chi connectivity index (χ1v) is 6.42. The Bertz CT molecular complexity index is 586. The van der Waals surface area contributed by atoms with Crippen LogP contribution >= 0.6 is 0 Å². The van der Waals surface area contributed by atoms with Gasteiger partial charge in [0.05, 0.1) is 13.2 Å². The Kier molecular flexibility index (Phi) is 4.58. The van der Waals surface area contributed by atoms with Crippen LogP contribution in [0.5, 0.6) is 5.75 Å². The zero-order chi connectivity index (χ0) is 14.5. The van der Waals surface area contributed by atoms with Gasteiger partial charge in [-0.1, -0.05) is 18.2 Å². The molecule has 2 rings (SSSR count). The summed E-state index contributed by atoms with van der Waals surface area (Å²) in [6, 6.07) is 11.8. The Morgan fingerprint density at radius 2 is 2.05 bits per heavy atom. The number of methoxy groups -OCH3 is 1. The van der Waals surface area contributed by atoms with Gasteiger partial charge >= 0.3 is 0 Å². The maximum Gasteiger partial charge on any atom is 0.125 e. The van der Waals surface area contributed by atoms with E-state index in [4.69, 9.17) is 4.74 Å². The van der Waals surface area contributed by atoms with Gasteiger partial charge in [-0.3, -0.25) is 0 Å². The molecule has 2 aromatic rings. The molecule has 0 aliphatic rings. The number of aryl methyl sites for hydroxylation is 1. The lowest BCUT2D eigenvalue weighted by Crippen LogP contribution is -2.13. The molecule has 20 heavy (non-hydrogen) atoms. The normalized spacial score (nSPS) is 12.0. The van der Waals surface area contributed by atoms with Gasteiger partial charge in [0.2, 0.25) is 0 Å². The lowest BCUT2D eigenvalue weighted by Gasteiger charge is -2.15. The predicted molar refractivity (Wildman–Crippen MR) is 77.6 cm³/mol. The number of rotatable bonds is 5. The van der Waals surface area contributed by atoms with Gasteiger partial charge in [-0.25, -0.2) is 4.39 Å². The molecule has 0 amide bonds. The van der Waals surface area contributed by atoms with Crippen LogP contribution in [0.2, 0.25) is 0 Å². The van der Waals surface area contributed by atoms with Crippen LogP contribution in [-0.2, 0) is 0 Å². The first-order chi connectivity index (χ1) is 9.60. The van der Waals surface area contributed by atoms with Crippen molar-refractivity contribution in [3.05, 3.63) is 59.4 Å². The summed E-state index contributed by atoms with van der Waals surface area (Å²) in [5.41, 5.74) is 2.38. The number of halogens is 1. The van der Waals surface area contributed by atoms with Crippen LogP contribution in [0, 0.1) is 12.7 Å². The number of benzene rings is 2. The van der Waals surface area contributed by atoms with Gasteiger partial charge < -0.3 is 15.2 Å². The second-order valence-corrected chi connectivity index (χ2v) is 4.63. The smallest absolute Gasteiger partial charge is 0.125 e. The second kappa shape index (κ2) is 6.39. The molecule has 0 bridgehead atoms. The fraction of sp³-hybridized carbons (Fsp3) is 0.250. The van der Waals surface area contributed by atoms with E-state index in [0.717, 1.165) is 11.1 Å². The summed E-state index contributed by atoms with van der Waals surface area (Å²) in [5.74, 6) is 0.400. The minimum absolute atomic E-state index is 0.297. The minimum Gasteiger partial charge on any atom is -0.497 e. The van der Waals surface area contributed by atoms with E-state index < -0.39 is 6.10 Å². The summed E-state index contributed by atoms with van der Waals surface area (Å²) in [7, 11) is 1.58. The number of hydrogen-bond acceptors (Lipinski definition) is 3. The Hall–Kier alpha value is -2.07. The van der Waals surface area contributed by atoms with Crippen LogP contribution in [0.15, 0.2) is 42.5 Å². The molecule has 3 nitrogen and oxygen atoms in total. The average Bonchev–Trinajstić information content (AvgIpc) is 2.48. The van der Waals surface area contributed by atoms with Gasteiger partial charge in [0, 0.05) is 12.2 Å². The first-order valence-electron chi connectivity index (χ1n) is 6.42. The largest absolute Gasteiger partial charge is 0.497 e. The zero-order valence-electron chi connectivity index (χ0n) is 11.6. The van der Waals surface area contributed by atoms with Crippen molar-refractivity contribution in [2.24, 2.45) is 0 Å². The van der Waals surface area contributed by atoms with Crippen molar-refractivity contribution >= 4 is 5.69 Å². The van der Waals surface area contributed by atoms with Gasteiger partial charge in [0.15, 0.2) is 0 Å². The van der Waals surface area contributed by atoms with Crippen molar-refractivity contribution in [1.82, 2.24) is 0 Å². The van der Waals surface area contributed by atoms with Crippen LogP contribution in [0.3, 0.4) is 0 Å².